The van der Waals surface area contributed by atoms with E-state index in [1.165, 1.54) is 89.9 Å². The first-order valence-electron chi connectivity index (χ1n) is 27.6. The summed E-state index contributed by atoms with van der Waals surface area (Å²) in [5.41, 5.74) is 0. The van der Waals surface area contributed by atoms with Crippen molar-refractivity contribution in [1.82, 2.24) is 0 Å². The van der Waals surface area contributed by atoms with E-state index in [0.717, 1.165) is 77.0 Å². The number of aliphatic hydroxyl groups excluding tert-OH is 3. The number of allylic oxidation sites excluding steroid dienone is 18. The molecule has 12 nitrogen and oxygen atoms in total. The number of hydrogen-bond donors (Lipinski definition) is 4. The van der Waals surface area contributed by atoms with Crippen LogP contribution in [-0.4, -0.2) is 97.5 Å². The van der Waals surface area contributed by atoms with Crippen molar-refractivity contribution in [2.45, 2.75) is 230 Å². The van der Waals surface area contributed by atoms with E-state index in [4.69, 9.17) is 18.9 Å². The lowest BCUT2D eigenvalue weighted by atomic mass is 9.99. The summed E-state index contributed by atoms with van der Waals surface area (Å²) >= 11 is 0. The molecule has 1 aliphatic heterocycles. The molecule has 412 valence electrons. The summed E-state index contributed by atoms with van der Waals surface area (Å²) in [5, 5.41) is 30.8. The highest BCUT2D eigenvalue weighted by Gasteiger charge is 2.48. The predicted octanol–water partition coefficient (Wildman–Crippen LogP) is 13.5. The van der Waals surface area contributed by atoms with Gasteiger partial charge in [-0.25, -0.2) is 4.18 Å². The zero-order chi connectivity index (χ0) is 52.4. The van der Waals surface area contributed by atoms with Crippen molar-refractivity contribution in [3.8, 4) is 0 Å². The molecule has 0 spiro atoms. The van der Waals surface area contributed by atoms with Gasteiger partial charge in [0, 0.05) is 13.0 Å². The minimum atomic E-state index is -5.08. The number of hydrogen-bond acceptors (Lipinski definition) is 11. The van der Waals surface area contributed by atoms with E-state index < -0.39 is 59.8 Å². The van der Waals surface area contributed by atoms with Gasteiger partial charge in [-0.15, -0.1) is 0 Å². The van der Waals surface area contributed by atoms with E-state index >= 15 is 0 Å². The second kappa shape index (κ2) is 48.7. The summed E-state index contributed by atoms with van der Waals surface area (Å²) in [7, 11) is -5.08. The molecule has 1 aliphatic rings. The Morgan fingerprint density at radius 2 is 0.958 bits per heavy atom. The zero-order valence-corrected chi connectivity index (χ0v) is 45.3. The van der Waals surface area contributed by atoms with E-state index in [2.05, 4.69) is 115 Å². The van der Waals surface area contributed by atoms with Gasteiger partial charge in [-0.2, -0.15) is 8.42 Å². The fourth-order valence-electron chi connectivity index (χ4n) is 7.76. The van der Waals surface area contributed by atoms with Crippen LogP contribution in [0.2, 0.25) is 0 Å². The van der Waals surface area contributed by atoms with Crippen molar-refractivity contribution in [1.29, 1.82) is 0 Å². The first kappa shape index (κ1) is 66.8. The number of ether oxygens (including phenoxy) is 4. The Bertz CT molecular complexity index is 1660. The van der Waals surface area contributed by atoms with Crippen LogP contribution in [0.5, 0.6) is 0 Å². The molecule has 0 saturated carbocycles. The number of carbonyl (C=O) groups is 1. The van der Waals surface area contributed by atoms with Gasteiger partial charge in [-0.1, -0.05) is 207 Å². The molecule has 0 bridgehead atoms. The molecule has 6 unspecified atom stereocenters. The molecule has 1 heterocycles. The number of esters is 1. The fourth-order valence-corrected chi connectivity index (χ4v) is 8.27. The van der Waals surface area contributed by atoms with Gasteiger partial charge in [0.25, 0.3) is 0 Å². The van der Waals surface area contributed by atoms with Crippen molar-refractivity contribution in [3.63, 3.8) is 0 Å². The number of aliphatic hydroxyl groups is 3. The van der Waals surface area contributed by atoms with Gasteiger partial charge >= 0.3 is 16.4 Å². The Balaban J connectivity index is 2.37. The van der Waals surface area contributed by atoms with Gasteiger partial charge in [-0.05, 0) is 89.9 Å². The maximum absolute atomic E-state index is 12.9. The number of carbonyl (C=O) groups excluding carboxylic acids is 1. The molecular formula is C59H98O12S. The highest BCUT2D eigenvalue weighted by Crippen LogP contribution is 2.26. The fraction of sp³-hybridized carbons (Fsp3) is 0.678. The normalized spacial score (nSPS) is 19.8. The van der Waals surface area contributed by atoms with Gasteiger partial charge in [0.05, 0.1) is 19.8 Å². The Kier molecular flexibility index (Phi) is 45.2. The van der Waals surface area contributed by atoms with E-state index in [1.54, 1.807) is 0 Å². The molecule has 6 atom stereocenters. The Morgan fingerprint density at radius 3 is 1.40 bits per heavy atom. The van der Waals surface area contributed by atoms with Crippen LogP contribution < -0.4 is 0 Å². The van der Waals surface area contributed by atoms with Crippen LogP contribution in [-0.2, 0) is 38.3 Å². The van der Waals surface area contributed by atoms with Crippen LogP contribution in [0.4, 0.5) is 0 Å². The van der Waals surface area contributed by atoms with Crippen LogP contribution in [0.3, 0.4) is 0 Å². The first-order valence-corrected chi connectivity index (χ1v) is 29.0. The molecule has 0 aromatic rings. The van der Waals surface area contributed by atoms with Crippen molar-refractivity contribution in [2.75, 3.05) is 26.4 Å². The standard InChI is InChI=1S/C59H98O12S/c1-3-5-7-9-11-13-15-17-19-21-23-24-25-26-27-28-29-31-33-35-37-39-41-43-45-47-49-67-51-53(52-68-59-57(63)58(71-72(64,65)66)56(62)54(50-60)70-59)69-55(61)48-46-44-42-40-38-36-34-32-30-22-20-18-16-14-12-10-8-6-4-2/h6,8,12,14-15,17-18,20-21,23,25-26,30,32,36,38,42,44,53-54,56-60,62-63H,3-5,7,9-11,13,16,19,22,24,27-29,31,33-35,37,39-41,43,45-52H2,1-2H3,(H,64,65,66)/b8-6-,14-12-,17-15-,20-18-,23-21-,26-25-,32-30-,38-36-,44-42-. The molecule has 0 aromatic carbocycles. The predicted molar refractivity (Wildman–Crippen MR) is 294 cm³/mol. The third-order valence-corrected chi connectivity index (χ3v) is 12.4. The van der Waals surface area contributed by atoms with Gasteiger partial charge < -0.3 is 34.3 Å². The SMILES string of the molecule is CC/C=C\C/C=C\C/C=C\C/C=C\C/C=C\C/C=C\CCC(=O)OC(COCCCCCCCCCCCCC/C=C\C/C=C\C/C=C\CCCCCCC)COC1OC(CO)C(O)C(OS(=O)(=O)O)C1O. The number of unbranched alkanes of at least 4 members (excludes halogenated alkanes) is 16. The van der Waals surface area contributed by atoms with Crippen LogP contribution in [0, 0.1) is 0 Å². The summed E-state index contributed by atoms with van der Waals surface area (Å²) in [6, 6.07) is 0. The molecule has 0 aromatic heterocycles. The van der Waals surface area contributed by atoms with Crippen molar-refractivity contribution in [3.05, 3.63) is 109 Å². The summed E-state index contributed by atoms with van der Waals surface area (Å²) in [4.78, 5) is 12.9. The van der Waals surface area contributed by atoms with E-state index in [0.29, 0.717) is 13.0 Å². The van der Waals surface area contributed by atoms with Gasteiger partial charge in [0.15, 0.2) is 6.29 Å². The molecule has 0 radical (unpaired) electrons. The third-order valence-electron chi connectivity index (χ3n) is 11.9. The molecule has 72 heavy (non-hydrogen) atoms. The average Bonchev–Trinajstić information content (AvgIpc) is 3.36. The van der Waals surface area contributed by atoms with E-state index in [9.17, 15) is 33.1 Å². The van der Waals surface area contributed by atoms with Crippen LogP contribution in [0.1, 0.15) is 194 Å². The molecule has 0 aliphatic carbocycles. The minimum absolute atomic E-state index is 0.00343. The summed E-state index contributed by atoms with van der Waals surface area (Å²) in [5.74, 6) is -0.485. The average molecular weight is 1030 g/mol. The lowest BCUT2D eigenvalue weighted by molar-refractivity contribution is -0.301. The summed E-state index contributed by atoms with van der Waals surface area (Å²) < 4.78 is 59.2. The second-order valence-corrected chi connectivity index (χ2v) is 19.5. The smallest absolute Gasteiger partial charge is 0.397 e. The monoisotopic (exact) mass is 1030 g/mol. The van der Waals surface area contributed by atoms with Crippen LogP contribution in [0.25, 0.3) is 0 Å². The number of rotatable bonds is 47. The molecule has 1 saturated heterocycles. The summed E-state index contributed by atoms with van der Waals surface area (Å²) in [6.07, 6.45) is 60.0. The molecule has 1 fully saturated rings. The van der Waals surface area contributed by atoms with E-state index in [-0.39, 0.29) is 19.6 Å². The Hall–Kier alpha value is -3.24. The molecule has 13 heteroatoms. The van der Waals surface area contributed by atoms with Crippen LogP contribution >= 0.6 is 0 Å². The van der Waals surface area contributed by atoms with E-state index in [1.807, 2.05) is 12.2 Å². The third kappa shape index (κ3) is 41.1. The summed E-state index contributed by atoms with van der Waals surface area (Å²) in [6.45, 7) is 3.76. The van der Waals surface area contributed by atoms with Crippen molar-refractivity contribution >= 4 is 16.4 Å². The van der Waals surface area contributed by atoms with Gasteiger partial charge in [-0.3, -0.25) is 9.35 Å². The van der Waals surface area contributed by atoms with Gasteiger partial charge in [0.2, 0.25) is 0 Å². The largest absolute Gasteiger partial charge is 0.457 e. The highest BCUT2D eigenvalue weighted by molar-refractivity contribution is 7.80. The second-order valence-electron chi connectivity index (χ2n) is 18.4. The highest BCUT2D eigenvalue weighted by atomic mass is 32.3. The zero-order valence-electron chi connectivity index (χ0n) is 44.4. The Morgan fingerprint density at radius 1 is 0.542 bits per heavy atom. The van der Waals surface area contributed by atoms with Gasteiger partial charge in [0.1, 0.15) is 30.5 Å². The molecular weight excluding hydrogens is 933 g/mol. The molecule has 1 rings (SSSR count). The van der Waals surface area contributed by atoms with Crippen molar-refractivity contribution in [2.24, 2.45) is 0 Å². The molecule has 0 amide bonds. The molecule has 4 N–H and O–H groups in total. The quantitative estimate of drug-likeness (QED) is 0.0197. The van der Waals surface area contributed by atoms with Crippen LogP contribution in [0.15, 0.2) is 109 Å². The first-order chi connectivity index (χ1) is 35.1. The lowest BCUT2D eigenvalue weighted by Gasteiger charge is -2.41. The topological polar surface area (TPSA) is 178 Å². The van der Waals surface area contributed by atoms with Crippen molar-refractivity contribution < 1.29 is 56.2 Å². The Labute approximate surface area is 437 Å². The lowest BCUT2D eigenvalue weighted by Crippen LogP contribution is -2.60. The maximum atomic E-state index is 12.9. The minimum Gasteiger partial charge on any atom is -0.457 e. The maximum Gasteiger partial charge on any atom is 0.397 e.